The SMILES string of the molecule is CN(CCC#N)C(=O)CN1CCOC2CCCCC21. The first kappa shape index (κ1) is 14.3. The van der Waals surface area contributed by atoms with E-state index in [9.17, 15) is 4.79 Å². The molecule has 2 aliphatic rings. The molecule has 0 aromatic rings. The number of likely N-dealkylation sites (N-methyl/N-ethyl adjacent to an activating group) is 1. The minimum absolute atomic E-state index is 0.112. The van der Waals surface area contributed by atoms with E-state index < -0.39 is 0 Å². The maximum absolute atomic E-state index is 12.1. The summed E-state index contributed by atoms with van der Waals surface area (Å²) in [6.07, 6.45) is 5.46. The van der Waals surface area contributed by atoms with Gasteiger partial charge in [-0.2, -0.15) is 5.26 Å². The van der Waals surface area contributed by atoms with Crippen molar-refractivity contribution in [3.8, 4) is 6.07 Å². The number of rotatable bonds is 4. The molecule has 1 saturated carbocycles. The van der Waals surface area contributed by atoms with Crippen molar-refractivity contribution in [2.75, 3.05) is 33.3 Å². The quantitative estimate of drug-likeness (QED) is 0.761. The van der Waals surface area contributed by atoms with Gasteiger partial charge in [0.2, 0.25) is 5.91 Å². The van der Waals surface area contributed by atoms with Crippen LogP contribution in [0.2, 0.25) is 0 Å². The third-order valence-corrected chi connectivity index (χ3v) is 4.17. The second-order valence-corrected chi connectivity index (χ2v) is 5.45. The van der Waals surface area contributed by atoms with Crippen LogP contribution in [0.4, 0.5) is 0 Å². The number of carbonyl (C=O) groups excluding carboxylic acids is 1. The average Bonchev–Trinajstić information content (AvgIpc) is 2.45. The summed E-state index contributed by atoms with van der Waals surface area (Å²) in [6.45, 7) is 2.57. The largest absolute Gasteiger partial charge is 0.375 e. The van der Waals surface area contributed by atoms with Crippen molar-refractivity contribution in [3.63, 3.8) is 0 Å². The number of carbonyl (C=O) groups is 1. The number of nitriles is 1. The van der Waals surface area contributed by atoms with Gasteiger partial charge < -0.3 is 9.64 Å². The van der Waals surface area contributed by atoms with Crippen molar-refractivity contribution in [2.45, 2.75) is 44.2 Å². The topological polar surface area (TPSA) is 56.6 Å². The summed E-state index contributed by atoms with van der Waals surface area (Å²) in [4.78, 5) is 16.1. The smallest absolute Gasteiger partial charge is 0.236 e. The molecule has 1 aliphatic carbocycles. The lowest BCUT2D eigenvalue weighted by atomic mass is 9.90. The Bertz CT molecular complexity index is 351. The summed E-state index contributed by atoms with van der Waals surface area (Å²) in [5.41, 5.74) is 0. The van der Waals surface area contributed by atoms with E-state index in [2.05, 4.69) is 11.0 Å². The number of fused-ring (bicyclic) bond motifs is 1. The van der Waals surface area contributed by atoms with E-state index in [4.69, 9.17) is 10.00 Å². The zero-order chi connectivity index (χ0) is 13.7. The molecular formula is C14H23N3O2. The lowest BCUT2D eigenvalue weighted by molar-refractivity contribution is -0.137. The molecule has 0 bridgehead atoms. The number of morpholine rings is 1. The van der Waals surface area contributed by atoms with Gasteiger partial charge in [0.25, 0.3) is 0 Å². The molecule has 106 valence electrons. The fraction of sp³-hybridized carbons (Fsp3) is 0.857. The van der Waals surface area contributed by atoms with Gasteiger partial charge >= 0.3 is 0 Å². The van der Waals surface area contributed by atoms with E-state index in [0.29, 0.717) is 31.7 Å². The number of nitrogens with zero attached hydrogens (tertiary/aromatic N) is 3. The number of amides is 1. The first-order valence-electron chi connectivity index (χ1n) is 7.19. The molecule has 0 N–H and O–H groups in total. The van der Waals surface area contributed by atoms with Crippen LogP contribution in [0.15, 0.2) is 0 Å². The Kier molecular flexibility index (Phi) is 5.17. The van der Waals surface area contributed by atoms with Gasteiger partial charge in [-0.15, -0.1) is 0 Å². The molecule has 0 radical (unpaired) electrons. The lowest BCUT2D eigenvalue weighted by Crippen LogP contribution is -2.55. The number of hydrogen-bond donors (Lipinski definition) is 0. The first-order valence-corrected chi connectivity index (χ1v) is 7.19. The molecule has 19 heavy (non-hydrogen) atoms. The van der Waals surface area contributed by atoms with Crippen LogP contribution >= 0.6 is 0 Å². The zero-order valence-electron chi connectivity index (χ0n) is 11.7. The molecule has 0 aromatic heterocycles. The van der Waals surface area contributed by atoms with E-state index in [1.165, 1.54) is 12.8 Å². The van der Waals surface area contributed by atoms with E-state index in [1.807, 2.05) is 0 Å². The molecule has 2 fully saturated rings. The minimum atomic E-state index is 0.112. The summed E-state index contributed by atoms with van der Waals surface area (Å²) < 4.78 is 5.81. The van der Waals surface area contributed by atoms with Gasteiger partial charge in [0.05, 0.1) is 31.7 Å². The van der Waals surface area contributed by atoms with Crippen LogP contribution in [0.5, 0.6) is 0 Å². The van der Waals surface area contributed by atoms with Crippen LogP contribution in [0.3, 0.4) is 0 Å². The molecular weight excluding hydrogens is 242 g/mol. The van der Waals surface area contributed by atoms with E-state index in [0.717, 1.165) is 26.0 Å². The highest BCUT2D eigenvalue weighted by atomic mass is 16.5. The summed E-state index contributed by atoms with van der Waals surface area (Å²) >= 11 is 0. The Hall–Kier alpha value is -1.12. The fourth-order valence-electron chi connectivity index (χ4n) is 3.01. The highest BCUT2D eigenvalue weighted by Gasteiger charge is 2.35. The van der Waals surface area contributed by atoms with Crippen molar-refractivity contribution >= 4 is 5.91 Å². The Balaban J connectivity index is 1.86. The molecule has 5 heteroatoms. The summed E-state index contributed by atoms with van der Waals surface area (Å²) in [7, 11) is 1.78. The van der Waals surface area contributed by atoms with Crippen molar-refractivity contribution in [3.05, 3.63) is 0 Å². The van der Waals surface area contributed by atoms with Gasteiger partial charge in [-0.3, -0.25) is 9.69 Å². The Morgan fingerprint density at radius 3 is 3.05 bits per heavy atom. The van der Waals surface area contributed by atoms with Crippen molar-refractivity contribution in [1.29, 1.82) is 5.26 Å². The fourth-order valence-corrected chi connectivity index (χ4v) is 3.01. The van der Waals surface area contributed by atoms with E-state index in [1.54, 1.807) is 11.9 Å². The van der Waals surface area contributed by atoms with Crippen LogP contribution in [-0.4, -0.2) is 61.1 Å². The van der Waals surface area contributed by atoms with Gasteiger partial charge in [0.1, 0.15) is 0 Å². The Morgan fingerprint density at radius 2 is 2.26 bits per heavy atom. The molecule has 1 amide bonds. The molecule has 5 nitrogen and oxygen atoms in total. The molecule has 1 heterocycles. The third kappa shape index (κ3) is 3.68. The van der Waals surface area contributed by atoms with Crippen LogP contribution < -0.4 is 0 Å². The van der Waals surface area contributed by atoms with E-state index >= 15 is 0 Å². The second kappa shape index (κ2) is 6.88. The van der Waals surface area contributed by atoms with Crippen molar-refractivity contribution < 1.29 is 9.53 Å². The summed E-state index contributed by atoms with van der Waals surface area (Å²) in [5, 5.41) is 8.56. The van der Waals surface area contributed by atoms with Crippen LogP contribution in [0, 0.1) is 11.3 Å². The molecule has 1 saturated heterocycles. The van der Waals surface area contributed by atoms with Crippen molar-refractivity contribution in [1.82, 2.24) is 9.80 Å². The third-order valence-electron chi connectivity index (χ3n) is 4.17. The van der Waals surface area contributed by atoms with Crippen LogP contribution in [0.25, 0.3) is 0 Å². The molecule has 2 unspecified atom stereocenters. The van der Waals surface area contributed by atoms with Crippen LogP contribution in [-0.2, 0) is 9.53 Å². The number of hydrogen-bond acceptors (Lipinski definition) is 4. The summed E-state index contributed by atoms with van der Waals surface area (Å²) in [6, 6.07) is 2.49. The average molecular weight is 265 g/mol. The molecule has 1 aliphatic heterocycles. The molecule has 0 aromatic carbocycles. The van der Waals surface area contributed by atoms with E-state index in [-0.39, 0.29) is 5.91 Å². The highest BCUT2D eigenvalue weighted by molar-refractivity contribution is 5.78. The number of ether oxygens (including phenoxy) is 1. The van der Waals surface area contributed by atoms with Gasteiger partial charge in [0.15, 0.2) is 0 Å². The zero-order valence-corrected chi connectivity index (χ0v) is 11.7. The standard InChI is InChI=1S/C14H23N3O2/c1-16(8-4-7-15)14(18)11-17-9-10-19-13-6-3-2-5-12(13)17/h12-13H,2-6,8-11H2,1H3. The van der Waals surface area contributed by atoms with Crippen LogP contribution in [0.1, 0.15) is 32.1 Å². The maximum atomic E-state index is 12.1. The van der Waals surface area contributed by atoms with Gasteiger partial charge in [-0.1, -0.05) is 12.8 Å². The van der Waals surface area contributed by atoms with Gasteiger partial charge in [-0.05, 0) is 12.8 Å². The predicted molar refractivity (Wildman–Crippen MR) is 71.4 cm³/mol. The molecule has 2 rings (SSSR count). The Labute approximate surface area is 115 Å². The Morgan fingerprint density at radius 1 is 1.47 bits per heavy atom. The molecule has 0 spiro atoms. The lowest BCUT2D eigenvalue weighted by Gasteiger charge is -2.43. The normalized spacial score (nSPS) is 27.4. The maximum Gasteiger partial charge on any atom is 0.236 e. The predicted octanol–water partition coefficient (Wildman–Crippen LogP) is 1.00. The highest BCUT2D eigenvalue weighted by Crippen LogP contribution is 2.28. The van der Waals surface area contributed by atoms with Crippen molar-refractivity contribution in [2.24, 2.45) is 0 Å². The van der Waals surface area contributed by atoms with Gasteiger partial charge in [0, 0.05) is 26.2 Å². The monoisotopic (exact) mass is 265 g/mol. The first-order chi connectivity index (χ1) is 9.22. The minimum Gasteiger partial charge on any atom is -0.375 e. The summed E-state index contributed by atoms with van der Waals surface area (Å²) in [5.74, 6) is 0.112. The second-order valence-electron chi connectivity index (χ2n) is 5.45. The van der Waals surface area contributed by atoms with Gasteiger partial charge in [-0.25, -0.2) is 0 Å². The molecule has 2 atom stereocenters.